The zero-order valence-corrected chi connectivity index (χ0v) is 24.4. The van der Waals surface area contributed by atoms with E-state index >= 15 is 0 Å². The van der Waals surface area contributed by atoms with Crippen molar-refractivity contribution in [1.29, 1.82) is 5.26 Å². The summed E-state index contributed by atoms with van der Waals surface area (Å²) in [5.41, 5.74) is 1.45. The lowest BCUT2D eigenvalue weighted by molar-refractivity contribution is 0.00708. The Bertz CT molecular complexity index is 1430. The Labute approximate surface area is 260 Å². The average molecular weight is 620 g/mol. The summed E-state index contributed by atoms with van der Waals surface area (Å²) in [6.45, 7) is 3.39. The van der Waals surface area contributed by atoms with Crippen LogP contribution in [-0.4, -0.2) is 59.1 Å². The Balaban J connectivity index is 1.42. The van der Waals surface area contributed by atoms with Gasteiger partial charge in [-0.2, -0.15) is 5.26 Å². The number of benzene rings is 2. The van der Waals surface area contributed by atoms with Crippen molar-refractivity contribution in [3.8, 4) is 29.1 Å². The first-order valence-electron chi connectivity index (χ1n) is 13.9. The summed E-state index contributed by atoms with van der Waals surface area (Å²) in [7, 11) is 0. The molecule has 0 amide bonds. The van der Waals surface area contributed by atoms with E-state index in [1.165, 1.54) is 62.5 Å². The van der Waals surface area contributed by atoms with Crippen molar-refractivity contribution in [1.82, 2.24) is 0 Å². The van der Waals surface area contributed by atoms with Gasteiger partial charge in [-0.25, -0.2) is 0 Å². The van der Waals surface area contributed by atoms with Crippen molar-refractivity contribution < 1.29 is 47.4 Å². The number of nitrogens with zero attached hydrogens (tertiary/aromatic N) is 2. The highest BCUT2D eigenvalue weighted by Crippen LogP contribution is 2.33. The van der Waals surface area contributed by atoms with Gasteiger partial charge in [0.25, 0.3) is 0 Å². The second-order valence-corrected chi connectivity index (χ2v) is 8.67. The third kappa shape index (κ3) is 12.4. The van der Waals surface area contributed by atoms with E-state index in [-0.39, 0.29) is 5.57 Å². The lowest BCUT2D eigenvalue weighted by Crippen LogP contribution is -2.13. The van der Waals surface area contributed by atoms with Gasteiger partial charge < -0.3 is 52.7 Å². The molecule has 0 aromatic heterocycles. The molecule has 2 aliphatic rings. The SMILES string of the molecule is N#C/C(C=Nc1ccc2c(c1)OCCOCCOCCOCCO2)=C\Nc1ccc2c(c1)O/C=C\O/C=C\O/C=C\O/C=C\O2. The van der Waals surface area contributed by atoms with E-state index in [0.717, 1.165) is 0 Å². The Morgan fingerprint density at radius 2 is 1.18 bits per heavy atom. The number of ether oxygens (including phenoxy) is 10. The average Bonchev–Trinajstić information content (AvgIpc) is 3.07. The summed E-state index contributed by atoms with van der Waals surface area (Å²) >= 11 is 0. The van der Waals surface area contributed by atoms with Crippen LogP contribution in [0.4, 0.5) is 11.4 Å². The zero-order chi connectivity index (χ0) is 31.2. The first-order valence-corrected chi connectivity index (χ1v) is 13.9. The van der Waals surface area contributed by atoms with Gasteiger partial charge in [0, 0.05) is 30.2 Å². The molecule has 0 unspecified atom stereocenters. The smallest absolute Gasteiger partial charge is 0.171 e. The van der Waals surface area contributed by atoms with Crippen LogP contribution < -0.4 is 24.3 Å². The highest BCUT2D eigenvalue weighted by atomic mass is 16.6. The number of hydrogen-bond acceptors (Lipinski definition) is 13. The van der Waals surface area contributed by atoms with Crippen LogP contribution in [0.5, 0.6) is 23.0 Å². The predicted octanol–water partition coefficient (Wildman–Crippen LogP) is 5.44. The van der Waals surface area contributed by atoms with Crippen molar-refractivity contribution in [3.05, 3.63) is 98.3 Å². The van der Waals surface area contributed by atoms with E-state index in [2.05, 4.69) is 16.4 Å². The monoisotopic (exact) mass is 619 g/mol. The molecule has 0 aliphatic carbocycles. The maximum absolute atomic E-state index is 9.71. The van der Waals surface area contributed by atoms with E-state index in [1.807, 2.05) is 0 Å². The largest absolute Gasteiger partial charge is 0.487 e. The van der Waals surface area contributed by atoms with Gasteiger partial charge in [-0.1, -0.05) is 0 Å². The molecule has 0 saturated carbocycles. The minimum Gasteiger partial charge on any atom is -0.487 e. The van der Waals surface area contributed by atoms with Crippen LogP contribution >= 0.6 is 0 Å². The lowest BCUT2D eigenvalue weighted by Gasteiger charge is -2.13. The third-order valence-corrected chi connectivity index (χ3v) is 5.55. The first kappa shape index (κ1) is 32.5. The van der Waals surface area contributed by atoms with Crippen molar-refractivity contribution >= 4 is 17.6 Å². The molecule has 45 heavy (non-hydrogen) atoms. The highest BCUT2D eigenvalue weighted by Gasteiger charge is 2.09. The molecule has 0 atom stereocenters. The molecular weight excluding hydrogens is 586 g/mol. The molecule has 2 aromatic rings. The van der Waals surface area contributed by atoms with Crippen LogP contribution in [0.2, 0.25) is 0 Å². The Morgan fingerprint density at radius 1 is 0.622 bits per heavy atom. The number of rotatable bonds is 4. The summed E-state index contributed by atoms with van der Waals surface area (Å²) in [6.07, 6.45) is 13.5. The normalized spacial score (nSPS) is 19.7. The van der Waals surface area contributed by atoms with Gasteiger partial charge in [0.2, 0.25) is 0 Å². The number of nitriles is 1. The molecule has 2 aliphatic heterocycles. The first-order chi connectivity index (χ1) is 22.3. The summed E-state index contributed by atoms with van der Waals surface area (Å²) in [6, 6.07) is 12.5. The van der Waals surface area contributed by atoms with E-state index in [4.69, 9.17) is 47.4 Å². The second kappa shape index (κ2) is 19.7. The summed E-state index contributed by atoms with van der Waals surface area (Å²) in [4.78, 5) is 4.45. The molecule has 2 aromatic carbocycles. The minimum absolute atomic E-state index is 0.264. The maximum atomic E-state index is 9.71. The lowest BCUT2D eigenvalue weighted by atomic mass is 10.2. The van der Waals surface area contributed by atoms with Crippen LogP contribution in [0.15, 0.2) is 103 Å². The van der Waals surface area contributed by atoms with E-state index in [1.54, 1.807) is 36.4 Å². The number of allylic oxidation sites excluding steroid dienone is 1. The number of fused-ring (bicyclic) bond motifs is 2. The Hall–Kier alpha value is -5.42. The van der Waals surface area contributed by atoms with Crippen molar-refractivity contribution in [2.24, 2.45) is 4.99 Å². The predicted molar refractivity (Wildman–Crippen MR) is 163 cm³/mol. The molecule has 0 spiro atoms. The van der Waals surface area contributed by atoms with Crippen molar-refractivity contribution in [2.75, 3.05) is 58.2 Å². The highest BCUT2D eigenvalue weighted by molar-refractivity contribution is 5.86. The van der Waals surface area contributed by atoms with Gasteiger partial charge >= 0.3 is 0 Å². The molecule has 0 fully saturated rings. The molecule has 2 heterocycles. The molecular formula is C32H33N3O10. The van der Waals surface area contributed by atoms with Gasteiger partial charge in [-0.15, -0.1) is 0 Å². The van der Waals surface area contributed by atoms with E-state index in [9.17, 15) is 5.26 Å². The van der Waals surface area contributed by atoms with Crippen LogP contribution in [0, 0.1) is 11.3 Å². The Morgan fingerprint density at radius 3 is 1.82 bits per heavy atom. The molecule has 0 saturated heterocycles. The molecule has 1 N–H and O–H groups in total. The molecule has 0 bridgehead atoms. The topological polar surface area (TPSA) is 140 Å². The van der Waals surface area contributed by atoms with Gasteiger partial charge in [0.15, 0.2) is 23.0 Å². The molecule has 0 radical (unpaired) electrons. The van der Waals surface area contributed by atoms with E-state index < -0.39 is 0 Å². The Kier molecular flexibility index (Phi) is 14.2. The standard InChI is InChI=1S/C32H33N3O10/c33-23-26(24-34-27-1-3-29-31(21-27)44-19-15-40-11-7-36-5-9-38-13-17-42-29)25-35-28-2-4-30-32(22-28)45-20-16-41-12-8-37-6-10-39-14-18-43-30/h1-5,7,9,11,13,15,17,19,21-22,24-25,34H,6,8,10,12,14,16,18,20H2/b9-5-,11-7-,17-13-,19-15-,26-24+,35-25?. The number of anilines is 1. The van der Waals surface area contributed by atoms with Crippen LogP contribution in [0.25, 0.3) is 0 Å². The van der Waals surface area contributed by atoms with E-state index in [0.29, 0.717) is 87.2 Å². The van der Waals surface area contributed by atoms with Crippen molar-refractivity contribution in [2.45, 2.75) is 0 Å². The van der Waals surface area contributed by atoms with Crippen molar-refractivity contribution in [3.63, 3.8) is 0 Å². The number of nitrogens with one attached hydrogen (secondary N) is 1. The number of hydrogen-bond donors (Lipinski definition) is 1. The maximum Gasteiger partial charge on any atom is 0.171 e. The quantitative estimate of drug-likeness (QED) is 0.344. The second-order valence-electron chi connectivity index (χ2n) is 8.67. The number of aliphatic imine (C=N–C) groups is 1. The van der Waals surface area contributed by atoms with Gasteiger partial charge in [0.05, 0.1) is 50.9 Å². The molecule has 13 heteroatoms. The fraction of sp³-hybridized carbons (Fsp3) is 0.250. The van der Waals surface area contributed by atoms with Gasteiger partial charge in [-0.05, 0) is 24.3 Å². The van der Waals surface area contributed by atoms with Gasteiger partial charge in [-0.3, -0.25) is 4.99 Å². The summed E-state index contributed by atoms with van der Waals surface area (Å²) < 4.78 is 54.7. The van der Waals surface area contributed by atoms with Crippen LogP contribution in [0.3, 0.4) is 0 Å². The third-order valence-electron chi connectivity index (χ3n) is 5.55. The van der Waals surface area contributed by atoms with Crippen LogP contribution in [-0.2, 0) is 28.4 Å². The fourth-order valence-corrected chi connectivity index (χ4v) is 3.49. The minimum atomic E-state index is 0.264. The molecule has 13 nitrogen and oxygen atoms in total. The molecule has 236 valence electrons. The van der Waals surface area contributed by atoms with Gasteiger partial charge in [0.1, 0.15) is 69.4 Å². The van der Waals surface area contributed by atoms with Crippen LogP contribution in [0.1, 0.15) is 0 Å². The summed E-state index contributed by atoms with van der Waals surface area (Å²) in [5.74, 6) is 1.82. The zero-order valence-electron chi connectivity index (χ0n) is 24.4. The summed E-state index contributed by atoms with van der Waals surface area (Å²) in [5, 5.41) is 12.8. The fourth-order valence-electron chi connectivity index (χ4n) is 3.49. The molecule has 4 rings (SSSR count).